The predicted molar refractivity (Wildman–Crippen MR) is 106 cm³/mol. The van der Waals surface area contributed by atoms with Gasteiger partial charge in [-0.25, -0.2) is 17.6 Å². The van der Waals surface area contributed by atoms with E-state index in [1.54, 1.807) is 6.92 Å². The number of ether oxygens (including phenoxy) is 1. The minimum atomic E-state index is -4.02. The second kappa shape index (κ2) is 7.99. The summed E-state index contributed by atoms with van der Waals surface area (Å²) in [5, 5.41) is 2.55. The lowest BCUT2D eigenvalue weighted by Gasteiger charge is -2.16. The molecule has 2 aromatic carbocycles. The molecule has 29 heavy (non-hydrogen) atoms. The number of halogens is 2. The number of hydrogen-bond donors (Lipinski definition) is 2. The van der Waals surface area contributed by atoms with E-state index < -0.39 is 28.0 Å². The third-order valence-corrected chi connectivity index (χ3v) is 6.65. The molecule has 154 valence electrons. The number of hydrogen-bond acceptors (Lipinski definition) is 6. The fraction of sp³-hybridized carbons (Fsp3) is 0.222. The number of nitrogens with one attached hydrogen (secondary N) is 1. The molecule has 0 spiro atoms. The Morgan fingerprint density at radius 2 is 1.97 bits per heavy atom. The summed E-state index contributed by atoms with van der Waals surface area (Å²) in [6.45, 7) is 1.69. The molecular weight excluding hydrogens is 469 g/mol. The van der Waals surface area contributed by atoms with Crippen LogP contribution in [0.2, 0.25) is 0 Å². The summed E-state index contributed by atoms with van der Waals surface area (Å²) in [5.74, 6) is -0.989. The van der Waals surface area contributed by atoms with Crippen LogP contribution in [-0.2, 0) is 19.4 Å². The van der Waals surface area contributed by atoms with E-state index in [1.807, 2.05) is 0 Å². The van der Waals surface area contributed by atoms with Gasteiger partial charge in [-0.15, -0.1) is 0 Å². The summed E-state index contributed by atoms with van der Waals surface area (Å²) in [6.07, 6.45) is -1.31. The Hall–Kier alpha value is -2.66. The molecule has 0 aromatic heterocycles. The summed E-state index contributed by atoms with van der Waals surface area (Å²) in [6, 6.07) is 7.30. The van der Waals surface area contributed by atoms with E-state index in [9.17, 15) is 22.4 Å². The number of carbonyl (C=O) groups is 2. The van der Waals surface area contributed by atoms with Crippen molar-refractivity contribution in [1.29, 1.82) is 0 Å². The highest BCUT2D eigenvalue weighted by atomic mass is 79.9. The SMILES string of the molecule is CCC(=O)NC1CN(c2ccc(S(=O)(=O)c3ccc(Br)c(F)c3)cc2N)C(=O)O1. The van der Waals surface area contributed by atoms with E-state index in [-0.39, 0.29) is 44.5 Å². The van der Waals surface area contributed by atoms with Crippen LogP contribution in [0.3, 0.4) is 0 Å². The van der Waals surface area contributed by atoms with Crippen LogP contribution >= 0.6 is 15.9 Å². The zero-order chi connectivity index (χ0) is 21.3. The minimum Gasteiger partial charge on any atom is -0.423 e. The van der Waals surface area contributed by atoms with Gasteiger partial charge in [0.05, 0.1) is 32.2 Å². The molecule has 1 aliphatic rings. The lowest BCUT2D eigenvalue weighted by Crippen LogP contribution is -2.37. The molecule has 3 N–H and O–H groups in total. The Balaban J connectivity index is 1.88. The Morgan fingerprint density at radius 3 is 2.59 bits per heavy atom. The molecular formula is C18H17BrFN3O5S. The number of benzene rings is 2. The van der Waals surface area contributed by atoms with Gasteiger partial charge in [-0.05, 0) is 52.3 Å². The average Bonchev–Trinajstić information content (AvgIpc) is 3.03. The number of cyclic esters (lactones) is 1. The van der Waals surface area contributed by atoms with Crippen LogP contribution < -0.4 is 16.0 Å². The van der Waals surface area contributed by atoms with Gasteiger partial charge in [0.25, 0.3) is 0 Å². The van der Waals surface area contributed by atoms with Gasteiger partial charge in [-0.3, -0.25) is 9.69 Å². The Kier molecular flexibility index (Phi) is 5.80. The summed E-state index contributed by atoms with van der Waals surface area (Å²) >= 11 is 2.98. The lowest BCUT2D eigenvalue weighted by molar-refractivity contribution is -0.123. The molecule has 1 atom stereocenters. The number of nitrogens with zero attached hydrogens (tertiary/aromatic N) is 1. The van der Waals surface area contributed by atoms with Gasteiger partial charge in [0.15, 0.2) is 6.23 Å². The number of anilines is 2. The zero-order valence-electron chi connectivity index (χ0n) is 15.2. The zero-order valence-corrected chi connectivity index (χ0v) is 17.6. The standard InChI is InChI=1S/C18H17BrFN3O5S/c1-2-16(24)22-17-9-23(18(25)28-17)15-6-4-11(8-14(15)21)29(26,27)10-3-5-12(19)13(20)7-10/h3-8,17H,2,9,21H2,1H3,(H,22,24). The second-order valence-corrected chi connectivity index (χ2v) is 9.01. The van der Waals surface area contributed by atoms with Crippen LogP contribution in [-0.4, -0.2) is 33.2 Å². The first-order chi connectivity index (χ1) is 13.6. The fourth-order valence-corrected chi connectivity index (χ4v) is 4.30. The maximum atomic E-state index is 13.7. The van der Waals surface area contributed by atoms with E-state index in [0.717, 1.165) is 6.07 Å². The quantitative estimate of drug-likeness (QED) is 0.628. The number of nitrogens with two attached hydrogens (primary N) is 1. The summed E-state index contributed by atoms with van der Waals surface area (Å²) in [5.41, 5.74) is 6.24. The molecule has 2 aromatic rings. The number of sulfone groups is 1. The van der Waals surface area contributed by atoms with Gasteiger partial charge >= 0.3 is 6.09 Å². The highest BCUT2D eigenvalue weighted by Crippen LogP contribution is 2.32. The summed E-state index contributed by atoms with van der Waals surface area (Å²) in [4.78, 5) is 24.4. The average molecular weight is 486 g/mol. The van der Waals surface area contributed by atoms with Crippen molar-refractivity contribution in [2.24, 2.45) is 0 Å². The molecule has 1 aliphatic heterocycles. The molecule has 1 fully saturated rings. The van der Waals surface area contributed by atoms with Crippen molar-refractivity contribution >= 4 is 49.1 Å². The predicted octanol–water partition coefficient (Wildman–Crippen LogP) is 2.81. The van der Waals surface area contributed by atoms with Crippen LogP contribution in [0.15, 0.2) is 50.7 Å². The molecule has 3 rings (SSSR count). The highest BCUT2D eigenvalue weighted by molar-refractivity contribution is 9.10. The van der Waals surface area contributed by atoms with E-state index >= 15 is 0 Å². The summed E-state index contributed by atoms with van der Waals surface area (Å²) in [7, 11) is -4.02. The van der Waals surface area contributed by atoms with Crippen molar-refractivity contribution in [1.82, 2.24) is 5.32 Å². The van der Waals surface area contributed by atoms with Crippen LogP contribution in [0.4, 0.5) is 20.6 Å². The first kappa shape index (κ1) is 21.1. The topological polar surface area (TPSA) is 119 Å². The van der Waals surface area contributed by atoms with Gasteiger partial charge in [0.1, 0.15) is 5.82 Å². The molecule has 0 aliphatic carbocycles. The van der Waals surface area contributed by atoms with Gasteiger partial charge in [-0.2, -0.15) is 0 Å². The Bertz CT molecular complexity index is 1090. The van der Waals surface area contributed by atoms with Crippen LogP contribution in [0.25, 0.3) is 0 Å². The van der Waals surface area contributed by atoms with Gasteiger partial charge < -0.3 is 15.8 Å². The largest absolute Gasteiger partial charge is 0.423 e. The second-order valence-electron chi connectivity index (χ2n) is 6.20. The van der Waals surface area contributed by atoms with Crippen molar-refractivity contribution in [3.8, 4) is 0 Å². The molecule has 1 heterocycles. The smallest absolute Gasteiger partial charge is 0.416 e. The number of carbonyl (C=O) groups excluding carboxylic acids is 2. The van der Waals surface area contributed by atoms with Crippen LogP contribution in [0.1, 0.15) is 13.3 Å². The first-order valence-corrected chi connectivity index (χ1v) is 10.8. The van der Waals surface area contributed by atoms with Crippen molar-refractivity contribution in [2.45, 2.75) is 29.4 Å². The molecule has 8 nitrogen and oxygen atoms in total. The van der Waals surface area contributed by atoms with Gasteiger partial charge in [0.2, 0.25) is 15.7 Å². The molecule has 2 amide bonds. The monoisotopic (exact) mass is 485 g/mol. The molecule has 0 radical (unpaired) electrons. The number of nitrogen functional groups attached to an aromatic ring is 1. The van der Waals surface area contributed by atoms with Gasteiger partial charge in [0, 0.05) is 6.42 Å². The molecule has 0 saturated carbocycles. The number of amides is 2. The van der Waals surface area contributed by atoms with Crippen LogP contribution in [0.5, 0.6) is 0 Å². The fourth-order valence-electron chi connectivity index (χ4n) is 2.74. The maximum Gasteiger partial charge on any atom is 0.416 e. The molecule has 1 unspecified atom stereocenters. The van der Waals surface area contributed by atoms with E-state index in [2.05, 4.69) is 21.2 Å². The summed E-state index contributed by atoms with van der Waals surface area (Å²) < 4.78 is 44.5. The third-order valence-electron chi connectivity index (χ3n) is 4.26. The molecule has 11 heteroatoms. The minimum absolute atomic E-state index is 0.0167. The van der Waals surface area contributed by atoms with Crippen LogP contribution in [0, 0.1) is 5.82 Å². The third kappa shape index (κ3) is 4.20. The van der Waals surface area contributed by atoms with E-state index in [1.165, 1.54) is 35.2 Å². The van der Waals surface area contributed by atoms with E-state index in [0.29, 0.717) is 0 Å². The van der Waals surface area contributed by atoms with Crippen molar-refractivity contribution in [2.75, 3.05) is 17.2 Å². The van der Waals surface area contributed by atoms with Gasteiger partial charge in [-0.1, -0.05) is 6.92 Å². The first-order valence-electron chi connectivity index (χ1n) is 8.50. The van der Waals surface area contributed by atoms with E-state index in [4.69, 9.17) is 10.5 Å². The lowest BCUT2D eigenvalue weighted by atomic mass is 10.2. The Morgan fingerprint density at radius 1 is 1.31 bits per heavy atom. The number of rotatable bonds is 5. The van der Waals surface area contributed by atoms with Crippen molar-refractivity contribution < 1.29 is 27.1 Å². The molecule has 0 bridgehead atoms. The maximum absolute atomic E-state index is 13.7. The highest BCUT2D eigenvalue weighted by Gasteiger charge is 2.34. The Labute approximate surface area is 174 Å². The molecule has 1 saturated heterocycles. The van der Waals surface area contributed by atoms with Crippen molar-refractivity contribution in [3.05, 3.63) is 46.7 Å². The normalized spacial score (nSPS) is 16.6. The van der Waals surface area contributed by atoms with Crippen molar-refractivity contribution in [3.63, 3.8) is 0 Å².